The van der Waals surface area contributed by atoms with Crippen LogP contribution in [0, 0.1) is 16.7 Å². The lowest BCUT2D eigenvalue weighted by Crippen LogP contribution is -2.63. The summed E-state index contributed by atoms with van der Waals surface area (Å²) in [5.41, 5.74) is 2.79. The van der Waals surface area contributed by atoms with Crippen molar-refractivity contribution in [3.63, 3.8) is 0 Å². The van der Waals surface area contributed by atoms with E-state index < -0.39 is 0 Å². The van der Waals surface area contributed by atoms with Crippen molar-refractivity contribution >= 4 is 0 Å². The molecule has 1 N–H and O–H groups in total. The molecule has 1 aliphatic heterocycles. The summed E-state index contributed by atoms with van der Waals surface area (Å²) in [4.78, 5) is 0. The average Bonchev–Trinajstić information content (AvgIpc) is 2.49. The summed E-state index contributed by atoms with van der Waals surface area (Å²) in [5, 5.41) is 4.00. The minimum Gasteiger partial charge on any atom is -0.486 e. The monoisotopic (exact) mass is 327 g/mol. The second kappa shape index (κ2) is 4.91. The van der Waals surface area contributed by atoms with Gasteiger partial charge in [0.1, 0.15) is 13.2 Å². The van der Waals surface area contributed by atoms with Crippen molar-refractivity contribution in [1.82, 2.24) is 5.32 Å². The zero-order chi connectivity index (χ0) is 16.4. The van der Waals surface area contributed by atoms with Crippen molar-refractivity contribution in [2.45, 2.75) is 64.5 Å². The number of fused-ring (bicyclic) bond motifs is 1. The van der Waals surface area contributed by atoms with Gasteiger partial charge in [-0.25, -0.2) is 0 Å². The predicted molar refractivity (Wildman–Crippen MR) is 94.4 cm³/mol. The summed E-state index contributed by atoms with van der Waals surface area (Å²) in [6.07, 6.45) is 8.44. The molecule has 4 saturated carbocycles. The number of nitrogens with one attached hydrogen (secondary N) is 1. The van der Waals surface area contributed by atoms with E-state index in [-0.39, 0.29) is 0 Å². The number of ether oxygens (including phenoxy) is 2. The molecular weight excluding hydrogens is 298 g/mol. The maximum Gasteiger partial charge on any atom is 0.161 e. The van der Waals surface area contributed by atoms with Gasteiger partial charge in [0, 0.05) is 12.1 Å². The maximum absolute atomic E-state index is 5.74. The second-order valence-corrected chi connectivity index (χ2v) is 9.74. The normalized spacial score (nSPS) is 42.3. The Kier molecular flexibility index (Phi) is 3.08. The van der Waals surface area contributed by atoms with Crippen LogP contribution in [0.4, 0.5) is 0 Å². The molecule has 24 heavy (non-hydrogen) atoms. The third-order valence-electron chi connectivity index (χ3n) is 6.90. The van der Waals surface area contributed by atoms with Crippen molar-refractivity contribution in [3.8, 4) is 11.5 Å². The highest BCUT2D eigenvalue weighted by Crippen LogP contribution is 2.66. The van der Waals surface area contributed by atoms with Gasteiger partial charge in [-0.2, -0.15) is 0 Å². The smallest absolute Gasteiger partial charge is 0.161 e. The van der Waals surface area contributed by atoms with Crippen LogP contribution in [0.3, 0.4) is 0 Å². The van der Waals surface area contributed by atoms with Crippen LogP contribution < -0.4 is 14.8 Å². The molecule has 2 unspecified atom stereocenters. The van der Waals surface area contributed by atoms with Crippen molar-refractivity contribution in [1.29, 1.82) is 0 Å². The van der Waals surface area contributed by atoms with Gasteiger partial charge in [-0.05, 0) is 73.0 Å². The highest BCUT2D eigenvalue weighted by atomic mass is 16.6. The van der Waals surface area contributed by atoms with E-state index >= 15 is 0 Å². The van der Waals surface area contributed by atoms with Crippen LogP contribution in [0.15, 0.2) is 18.2 Å². The Balaban J connectivity index is 1.35. The molecule has 1 heterocycles. The fourth-order valence-corrected chi connectivity index (χ4v) is 7.13. The van der Waals surface area contributed by atoms with Crippen molar-refractivity contribution in [3.05, 3.63) is 23.8 Å². The standard InChI is InChI=1S/C21H29NO2/c1-19-8-16-9-20(2,12-19)14-21(10-16,13-19)22-11-15-3-4-17-18(7-15)24-6-5-23-17/h3-4,7,16,22H,5-6,8-14H2,1-2H3. The summed E-state index contributed by atoms with van der Waals surface area (Å²) < 4.78 is 11.4. The lowest BCUT2D eigenvalue weighted by Gasteiger charge is -2.65. The topological polar surface area (TPSA) is 30.5 Å². The fourth-order valence-electron chi connectivity index (χ4n) is 7.13. The molecule has 4 aliphatic carbocycles. The fraction of sp³-hybridized carbons (Fsp3) is 0.714. The molecule has 1 aromatic carbocycles. The largest absolute Gasteiger partial charge is 0.486 e. The zero-order valence-electron chi connectivity index (χ0n) is 15.0. The van der Waals surface area contributed by atoms with Gasteiger partial charge < -0.3 is 14.8 Å². The van der Waals surface area contributed by atoms with Crippen LogP contribution in [-0.4, -0.2) is 18.8 Å². The summed E-state index contributed by atoms with van der Waals surface area (Å²) in [6.45, 7) is 7.33. The minimum atomic E-state index is 0.357. The lowest BCUT2D eigenvalue weighted by molar-refractivity contribution is -0.118. The molecule has 3 heteroatoms. The van der Waals surface area contributed by atoms with Gasteiger partial charge in [0.2, 0.25) is 0 Å². The first-order valence-electron chi connectivity index (χ1n) is 9.59. The highest BCUT2D eigenvalue weighted by molar-refractivity contribution is 5.43. The van der Waals surface area contributed by atoms with Crippen LogP contribution in [0.25, 0.3) is 0 Å². The van der Waals surface area contributed by atoms with Crippen LogP contribution in [0.5, 0.6) is 11.5 Å². The van der Waals surface area contributed by atoms with Crippen molar-refractivity contribution < 1.29 is 9.47 Å². The molecule has 6 rings (SSSR count). The minimum absolute atomic E-state index is 0.357. The van der Waals surface area contributed by atoms with E-state index in [4.69, 9.17) is 9.47 Å². The van der Waals surface area contributed by atoms with Gasteiger partial charge in [0.25, 0.3) is 0 Å². The van der Waals surface area contributed by atoms with Crippen LogP contribution in [0.2, 0.25) is 0 Å². The Hall–Kier alpha value is -1.22. The lowest BCUT2D eigenvalue weighted by atomic mass is 9.43. The van der Waals surface area contributed by atoms with Crippen LogP contribution in [0.1, 0.15) is 57.9 Å². The molecule has 3 nitrogen and oxygen atoms in total. The first-order valence-corrected chi connectivity index (χ1v) is 9.59. The molecule has 0 saturated heterocycles. The van der Waals surface area contributed by atoms with Crippen molar-refractivity contribution in [2.24, 2.45) is 16.7 Å². The third kappa shape index (κ3) is 2.44. The van der Waals surface area contributed by atoms with Gasteiger partial charge in [0.05, 0.1) is 0 Å². The number of hydrogen-bond acceptors (Lipinski definition) is 3. The second-order valence-electron chi connectivity index (χ2n) is 9.74. The molecule has 1 aromatic rings. The van der Waals surface area contributed by atoms with E-state index in [2.05, 4.69) is 37.4 Å². The van der Waals surface area contributed by atoms with Crippen LogP contribution in [-0.2, 0) is 6.54 Å². The van der Waals surface area contributed by atoms with E-state index in [9.17, 15) is 0 Å². The Labute approximate surface area is 145 Å². The van der Waals surface area contributed by atoms with E-state index in [0.29, 0.717) is 29.6 Å². The summed E-state index contributed by atoms with van der Waals surface area (Å²) >= 11 is 0. The van der Waals surface area contributed by atoms with Gasteiger partial charge >= 0.3 is 0 Å². The Morgan fingerprint density at radius 3 is 2.38 bits per heavy atom. The number of rotatable bonds is 3. The zero-order valence-corrected chi connectivity index (χ0v) is 15.0. The van der Waals surface area contributed by atoms with Gasteiger partial charge in [0.15, 0.2) is 11.5 Å². The van der Waals surface area contributed by atoms with Gasteiger partial charge in [-0.15, -0.1) is 0 Å². The molecule has 4 bridgehead atoms. The molecule has 0 amide bonds. The first kappa shape index (κ1) is 15.1. The Morgan fingerprint density at radius 1 is 0.958 bits per heavy atom. The van der Waals surface area contributed by atoms with Gasteiger partial charge in [-0.3, -0.25) is 0 Å². The van der Waals surface area contributed by atoms with E-state index in [1.807, 2.05) is 0 Å². The van der Waals surface area contributed by atoms with E-state index in [0.717, 1.165) is 24.0 Å². The van der Waals surface area contributed by atoms with Crippen LogP contribution >= 0.6 is 0 Å². The van der Waals surface area contributed by atoms with Crippen molar-refractivity contribution in [2.75, 3.05) is 13.2 Å². The summed E-state index contributed by atoms with van der Waals surface area (Å²) in [7, 11) is 0. The SMILES string of the molecule is CC12CC3CC(C)(C1)CC(NCc1ccc4c(c1)OCCO4)(C3)C2. The summed E-state index contributed by atoms with van der Waals surface area (Å²) in [5.74, 6) is 2.73. The molecule has 5 aliphatic rings. The molecule has 0 spiro atoms. The molecule has 0 radical (unpaired) electrons. The molecule has 2 atom stereocenters. The van der Waals surface area contributed by atoms with E-state index in [1.165, 1.54) is 44.1 Å². The molecule has 0 aromatic heterocycles. The quantitative estimate of drug-likeness (QED) is 0.898. The van der Waals surface area contributed by atoms with E-state index in [1.54, 1.807) is 0 Å². The first-order chi connectivity index (χ1) is 11.5. The summed E-state index contributed by atoms with van der Waals surface area (Å²) in [6, 6.07) is 6.41. The molecular formula is C21H29NO2. The third-order valence-corrected chi connectivity index (χ3v) is 6.90. The Morgan fingerprint density at radius 2 is 1.67 bits per heavy atom. The molecule has 130 valence electrons. The van der Waals surface area contributed by atoms with Gasteiger partial charge in [-0.1, -0.05) is 19.9 Å². The highest BCUT2D eigenvalue weighted by Gasteiger charge is 2.59. The predicted octanol–water partition coefficient (Wildman–Crippen LogP) is 4.30. The average molecular weight is 327 g/mol. The molecule has 4 fully saturated rings. The maximum atomic E-state index is 5.74. The number of benzene rings is 1. The Bertz CT molecular complexity index is 652. The number of hydrogen-bond donors (Lipinski definition) is 1.